The lowest BCUT2D eigenvalue weighted by atomic mass is 9.99. The number of amides is 2. The summed E-state index contributed by atoms with van der Waals surface area (Å²) in [5.74, 6) is 1.39. The van der Waals surface area contributed by atoms with Gasteiger partial charge in [-0.1, -0.05) is 6.07 Å². The lowest BCUT2D eigenvalue weighted by Crippen LogP contribution is -2.44. The maximum Gasteiger partial charge on any atom is 0.257 e. The van der Waals surface area contributed by atoms with E-state index in [0.717, 1.165) is 26.1 Å². The van der Waals surface area contributed by atoms with Crippen molar-refractivity contribution in [3.05, 3.63) is 42.1 Å². The van der Waals surface area contributed by atoms with Gasteiger partial charge in [0, 0.05) is 37.7 Å². The van der Waals surface area contributed by atoms with E-state index in [0.29, 0.717) is 47.6 Å². The van der Waals surface area contributed by atoms with Crippen LogP contribution in [-0.2, 0) is 9.53 Å². The Hall–Kier alpha value is -3.13. The molecule has 0 aliphatic carbocycles. The highest BCUT2D eigenvalue weighted by Gasteiger charge is 2.29. The van der Waals surface area contributed by atoms with Crippen LogP contribution in [0.15, 0.2) is 36.5 Å². The topological polar surface area (TPSA) is 92.8 Å². The lowest BCUT2D eigenvalue weighted by molar-refractivity contribution is -0.117. The molecule has 1 fully saturated rings. The first-order valence-electron chi connectivity index (χ1n) is 10.3. The predicted octanol–water partition coefficient (Wildman–Crippen LogP) is 2.92. The molecule has 8 heteroatoms. The van der Waals surface area contributed by atoms with Crippen molar-refractivity contribution in [3.63, 3.8) is 0 Å². The first-order valence-corrected chi connectivity index (χ1v) is 10.3. The Morgan fingerprint density at radius 1 is 1.33 bits per heavy atom. The Morgan fingerprint density at radius 2 is 2.17 bits per heavy atom. The summed E-state index contributed by atoms with van der Waals surface area (Å²) in [6.07, 6.45) is 3.38. The van der Waals surface area contributed by atoms with E-state index >= 15 is 0 Å². The summed E-state index contributed by atoms with van der Waals surface area (Å²) in [7, 11) is 0. The Bertz CT molecular complexity index is 927. The molecule has 0 unspecified atom stereocenters. The fraction of sp³-hybridized carbons (Fsp3) is 0.409. The highest BCUT2D eigenvalue weighted by Crippen LogP contribution is 2.31. The molecule has 1 aromatic heterocycles. The van der Waals surface area contributed by atoms with Gasteiger partial charge in [-0.25, -0.2) is 4.98 Å². The second-order valence-corrected chi connectivity index (χ2v) is 7.42. The van der Waals surface area contributed by atoms with Crippen LogP contribution in [0.5, 0.6) is 5.75 Å². The molecule has 1 aromatic carbocycles. The van der Waals surface area contributed by atoms with Crippen molar-refractivity contribution in [2.45, 2.75) is 19.8 Å². The molecular weight excluding hydrogens is 384 g/mol. The van der Waals surface area contributed by atoms with Crippen molar-refractivity contribution in [2.75, 3.05) is 48.4 Å². The number of ether oxygens (including phenoxy) is 2. The zero-order chi connectivity index (χ0) is 20.9. The third kappa shape index (κ3) is 4.54. The van der Waals surface area contributed by atoms with Gasteiger partial charge in [0.2, 0.25) is 5.91 Å². The van der Waals surface area contributed by atoms with Crippen LogP contribution in [-0.4, -0.2) is 49.7 Å². The molecule has 0 atom stereocenters. The van der Waals surface area contributed by atoms with Gasteiger partial charge in [0.25, 0.3) is 5.91 Å². The van der Waals surface area contributed by atoms with Gasteiger partial charge in [-0.15, -0.1) is 0 Å². The molecule has 2 amide bonds. The molecule has 1 saturated heterocycles. The van der Waals surface area contributed by atoms with Crippen LogP contribution in [0.4, 0.5) is 17.2 Å². The number of hydrogen-bond donors (Lipinski definition) is 2. The van der Waals surface area contributed by atoms with Crippen molar-refractivity contribution >= 4 is 29.0 Å². The molecule has 0 saturated carbocycles. The van der Waals surface area contributed by atoms with Crippen molar-refractivity contribution in [1.29, 1.82) is 0 Å². The Labute approximate surface area is 175 Å². The van der Waals surface area contributed by atoms with Gasteiger partial charge < -0.3 is 25.0 Å². The molecule has 8 nitrogen and oxygen atoms in total. The molecule has 158 valence electrons. The SMILES string of the molecule is CCOc1cccc(NC(=O)c2cnc3c(c2)N(CC2CCOCC2)C(=O)CN3)c1. The normalized spacial score (nSPS) is 16.6. The summed E-state index contributed by atoms with van der Waals surface area (Å²) in [4.78, 5) is 31.5. The minimum atomic E-state index is -0.289. The van der Waals surface area contributed by atoms with E-state index < -0.39 is 0 Å². The van der Waals surface area contributed by atoms with Crippen molar-refractivity contribution in [1.82, 2.24) is 4.98 Å². The average molecular weight is 410 g/mol. The standard InChI is InChI=1S/C22H26N4O4/c1-2-30-18-5-3-4-17(11-18)25-22(28)16-10-19-21(23-12-16)24-13-20(27)26(19)14-15-6-8-29-9-7-15/h3-5,10-12,15H,2,6-9,13-14H2,1H3,(H,23,24)(H,25,28). The number of rotatable bonds is 6. The highest BCUT2D eigenvalue weighted by atomic mass is 16.5. The molecule has 0 radical (unpaired) electrons. The number of hydrogen-bond acceptors (Lipinski definition) is 6. The summed E-state index contributed by atoms with van der Waals surface area (Å²) in [5, 5.41) is 5.91. The number of pyridine rings is 1. The summed E-state index contributed by atoms with van der Waals surface area (Å²) in [6, 6.07) is 8.97. The Kier molecular flexibility index (Phi) is 6.13. The molecule has 2 N–H and O–H groups in total. The molecule has 0 bridgehead atoms. The van der Waals surface area contributed by atoms with E-state index in [-0.39, 0.29) is 18.4 Å². The molecule has 3 heterocycles. The van der Waals surface area contributed by atoms with Crippen molar-refractivity contribution in [2.24, 2.45) is 5.92 Å². The summed E-state index contributed by atoms with van der Waals surface area (Å²) in [5.41, 5.74) is 1.68. The minimum absolute atomic E-state index is 0.0160. The number of nitrogens with one attached hydrogen (secondary N) is 2. The van der Waals surface area contributed by atoms with E-state index in [1.54, 1.807) is 23.1 Å². The number of anilines is 3. The van der Waals surface area contributed by atoms with E-state index in [4.69, 9.17) is 9.47 Å². The van der Waals surface area contributed by atoms with Crippen LogP contribution in [0.25, 0.3) is 0 Å². The fourth-order valence-electron chi connectivity index (χ4n) is 3.73. The van der Waals surface area contributed by atoms with Crippen LogP contribution in [0.1, 0.15) is 30.1 Å². The first kappa shape index (κ1) is 20.2. The molecule has 2 aliphatic rings. The smallest absolute Gasteiger partial charge is 0.257 e. The van der Waals surface area contributed by atoms with Crippen LogP contribution >= 0.6 is 0 Å². The van der Waals surface area contributed by atoms with Crippen molar-refractivity contribution in [3.8, 4) is 5.75 Å². The van der Waals surface area contributed by atoms with Gasteiger partial charge >= 0.3 is 0 Å². The number of aromatic nitrogens is 1. The van der Waals surface area contributed by atoms with Gasteiger partial charge in [0.05, 0.1) is 24.4 Å². The predicted molar refractivity (Wildman–Crippen MR) is 114 cm³/mol. The largest absolute Gasteiger partial charge is 0.494 e. The quantitative estimate of drug-likeness (QED) is 0.761. The molecule has 0 spiro atoms. The van der Waals surface area contributed by atoms with Gasteiger partial charge in [-0.3, -0.25) is 9.59 Å². The maximum absolute atomic E-state index is 12.8. The van der Waals surface area contributed by atoms with Crippen LogP contribution < -0.4 is 20.3 Å². The maximum atomic E-state index is 12.8. The second kappa shape index (κ2) is 9.13. The van der Waals surface area contributed by atoms with E-state index in [1.807, 2.05) is 19.1 Å². The van der Waals surface area contributed by atoms with Crippen LogP contribution in [0.2, 0.25) is 0 Å². The van der Waals surface area contributed by atoms with Crippen molar-refractivity contribution < 1.29 is 19.1 Å². The van der Waals surface area contributed by atoms with E-state index in [9.17, 15) is 9.59 Å². The number of carbonyl (C=O) groups excluding carboxylic acids is 2. The van der Waals surface area contributed by atoms with E-state index in [1.165, 1.54) is 6.20 Å². The number of fused-ring (bicyclic) bond motifs is 1. The van der Waals surface area contributed by atoms with Crippen LogP contribution in [0.3, 0.4) is 0 Å². The Morgan fingerprint density at radius 3 is 2.97 bits per heavy atom. The summed E-state index contributed by atoms with van der Waals surface area (Å²) >= 11 is 0. The zero-order valence-electron chi connectivity index (χ0n) is 17.0. The highest BCUT2D eigenvalue weighted by molar-refractivity contribution is 6.07. The fourth-order valence-corrected chi connectivity index (χ4v) is 3.73. The molecular formula is C22H26N4O4. The van der Waals surface area contributed by atoms with Gasteiger partial charge in [0.15, 0.2) is 0 Å². The minimum Gasteiger partial charge on any atom is -0.494 e. The molecule has 30 heavy (non-hydrogen) atoms. The monoisotopic (exact) mass is 410 g/mol. The lowest BCUT2D eigenvalue weighted by Gasteiger charge is -2.33. The first-order chi connectivity index (χ1) is 14.6. The number of nitrogens with zero attached hydrogens (tertiary/aromatic N) is 2. The summed E-state index contributed by atoms with van der Waals surface area (Å²) in [6.45, 7) is 4.72. The third-order valence-electron chi connectivity index (χ3n) is 5.31. The summed E-state index contributed by atoms with van der Waals surface area (Å²) < 4.78 is 10.9. The third-order valence-corrected chi connectivity index (χ3v) is 5.31. The van der Waals surface area contributed by atoms with Gasteiger partial charge in [-0.2, -0.15) is 0 Å². The second-order valence-electron chi connectivity index (χ2n) is 7.42. The Balaban J connectivity index is 1.53. The van der Waals surface area contributed by atoms with Gasteiger partial charge in [-0.05, 0) is 43.9 Å². The molecule has 2 aromatic rings. The number of carbonyl (C=O) groups is 2. The average Bonchev–Trinajstić information content (AvgIpc) is 2.76. The number of benzene rings is 1. The van der Waals surface area contributed by atoms with E-state index in [2.05, 4.69) is 15.6 Å². The van der Waals surface area contributed by atoms with Gasteiger partial charge in [0.1, 0.15) is 11.6 Å². The molecule has 4 rings (SSSR count). The van der Waals surface area contributed by atoms with Crippen LogP contribution in [0, 0.1) is 5.92 Å². The zero-order valence-corrected chi connectivity index (χ0v) is 17.0. The molecule has 2 aliphatic heterocycles.